The zero-order chi connectivity index (χ0) is 20.1. The summed E-state index contributed by atoms with van der Waals surface area (Å²) >= 11 is 2.94. The molecule has 0 unspecified atom stereocenters. The van der Waals surface area contributed by atoms with Gasteiger partial charge in [0.15, 0.2) is 10.3 Å². The molecule has 152 valence electrons. The molecule has 29 heavy (non-hydrogen) atoms. The standard InChI is InChI=1S/C21H25N5OS2/c1-15-13-22-20(29-15)23-19(27)14-28-21-25-24-18(12-16-8-4-2-5-9-16)26(21)17-10-6-3-7-11-17/h2,4-5,8-9,13,17H,3,6-7,10-12,14H2,1H3,(H,22,23,27). The van der Waals surface area contributed by atoms with Gasteiger partial charge in [-0.05, 0) is 25.3 Å². The van der Waals surface area contributed by atoms with Gasteiger partial charge in [0, 0.05) is 23.5 Å². The van der Waals surface area contributed by atoms with Crippen LogP contribution in [0.4, 0.5) is 5.13 Å². The average molecular weight is 428 g/mol. The maximum Gasteiger partial charge on any atom is 0.236 e. The van der Waals surface area contributed by atoms with Crippen molar-refractivity contribution in [3.63, 3.8) is 0 Å². The van der Waals surface area contributed by atoms with Crippen molar-refractivity contribution in [2.45, 2.75) is 56.6 Å². The Bertz CT molecular complexity index is 947. The molecule has 6 nitrogen and oxygen atoms in total. The van der Waals surface area contributed by atoms with E-state index in [4.69, 9.17) is 0 Å². The topological polar surface area (TPSA) is 72.7 Å². The van der Waals surface area contributed by atoms with Crippen LogP contribution in [0.5, 0.6) is 0 Å². The van der Waals surface area contributed by atoms with Crippen LogP contribution in [0.3, 0.4) is 0 Å². The van der Waals surface area contributed by atoms with Crippen LogP contribution in [0.25, 0.3) is 0 Å². The van der Waals surface area contributed by atoms with Gasteiger partial charge in [-0.2, -0.15) is 0 Å². The SMILES string of the molecule is Cc1cnc(NC(=O)CSc2nnc(Cc3ccccc3)n2C2CCCCC2)s1. The van der Waals surface area contributed by atoms with E-state index in [0.717, 1.165) is 35.1 Å². The maximum atomic E-state index is 12.4. The number of hydrogen-bond acceptors (Lipinski definition) is 6. The largest absolute Gasteiger partial charge is 0.303 e. The molecule has 1 saturated carbocycles. The number of thioether (sulfide) groups is 1. The van der Waals surface area contributed by atoms with Gasteiger partial charge in [-0.25, -0.2) is 4.98 Å². The second kappa shape index (κ2) is 9.54. The molecule has 0 atom stereocenters. The molecule has 1 aliphatic rings. The first kappa shape index (κ1) is 20.1. The zero-order valence-electron chi connectivity index (χ0n) is 16.5. The van der Waals surface area contributed by atoms with Crippen LogP contribution in [0.1, 0.15) is 54.4 Å². The van der Waals surface area contributed by atoms with Crippen molar-refractivity contribution in [2.24, 2.45) is 0 Å². The molecule has 1 fully saturated rings. The van der Waals surface area contributed by atoms with Gasteiger partial charge >= 0.3 is 0 Å². The number of aromatic nitrogens is 4. The fourth-order valence-electron chi connectivity index (χ4n) is 3.71. The van der Waals surface area contributed by atoms with Crippen molar-refractivity contribution in [1.82, 2.24) is 19.7 Å². The van der Waals surface area contributed by atoms with Crippen LogP contribution in [0.15, 0.2) is 41.7 Å². The zero-order valence-corrected chi connectivity index (χ0v) is 18.1. The van der Waals surface area contributed by atoms with Crippen molar-refractivity contribution in [3.05, 3.63) is 52.8 Å². The second-order valence-corrected chi connectivity index (χ2v) is 9.51. The minimum Gasteiger partial charge on any atom is -0.303 e. The lowest BCUT2D eigenvalue weighted by molar-refractivity contribution is -0.113. The predicted octanol–water partition coefficient (Wildman–Crippen LogP) is 4.87. The summed E-state index contributed by atoms with van der Waals surface area (Å²) in [6.45, 7) is 1.98. The highest BCUT2D eigenvalue weighted by molar-refractivity contribution is 7.99. The first-order chi connectivity index (χ1) is 14.2. The lowest BCUT2D eigenvalue weighted by Gasteiger charge is -2.25. The molecule has 0 aliphatic heterocycles. The monoisotopic (exact) mass is 427 g/mol. The molecule has 1 N–H and O–H groups in total. The van der Waals surface area contributed by atoms with Gasteiger partial charge in [-0.3, -0.25) is 4.79 Å². The lowest BCUT2D eigenvalue weighted by Crippen LogP contribution is -2.18. The van der Waals surface area contributed by atoms with E-state index >= 15 is 0 Å². The normalized spacial score (nSPS) is 14.8. The Morgan fingerprint density at radius 1 is 1.21 bits per heavy atom. The number of nitrogens with one attached hydrogen (secondary N) is 1. The Balaban J connectivity index is 1.48. The van der Waals surface area contributed by atoms with Gasteiger partial charge in [0.2, 0.25) is 5.91 Å². The number of aryl methyl sites for hydroxylation is 1. The summed E-state index contributed by atoms with van der Waals surface area (Å²) < 4.78 is 2.29. The van der Waals surface area contributed by atoms with Gasteiger partial charge in [-0.15, -0.1) is 21.5 Å². The van der Waals surface area contributed by atoms with E-state index in [1.807, 2.05) is 13.0 Å². The van der Waals surface area contributed by atoms with E-state index in [0.29, 0.717) is 16.9 Å². The van der Waals surface area contributed by atoms with Crippen LogP contribution in [-0.4, -0.2) is 31.4 Å². The van der Waals surface area contributed by atoms with Crippen molar-refractivity contribution < 1.29 is 4.79 Å². The molecule has 0 spiro atoms. The predicted molar refractivity (Wildman–Crippen MR) is 118 cm³/mol. The Labute approximate surface area is 179 Å². The highest BCUT2D eigenvalue weighted by Gasteiger charge is 2.23. The molecule has 0 saturated heterocycles. The molecule has 2 heterocycles. The summed E-state index contributed by atoms with van der Waals surface area (Å²) in [5.41, 5.74) is 1.23. The highest BCUT2D eigenvalue weighted by atomic mass is 32.2. The summed E-state index contributed by atoms with van der Waals surface area (Å²) in [5.74, 6) is 1.23. The highest BCUT2D eigenvalue weighted by Crippen LogP contribution is 2.33. The Kier molecular flexibility index (Phi) is 6.61. The number of carbonyl (C=O) groups is 1. The summed E-state index contributed by atoms with van der Waals surface area (Å²) in [6.07, 6.45) is 8.60. The number of amides is 1. The van der Waals surface area contributed by atoms with Crippen LogP contribution < -0.4 is 5.32 Å². The molecule has 1 amide bonds. The second-order valence-electron chi connectivity index (χ2n) is 7.34. The number of benzene rings is 1. The molecule has 2 aromatic heterocycles. The molecule has 8 heteroatoms. The first-order valence-electron chi connectivity index (χ1n) is 10.0. The lowest BCUT2D eigenvalue weighted by atomic mass is 9.95. The van der Waals surface area contributed by atoms with Crippen LogP contribution in [0, 0.1) is 6.92 Å². The van der Waals surface area contributed by atoms with E-state index in [-0.39, 0.29) is 5.91 Å². The van der Waals surface area contributed by atoms with Gasteiger partial charge in [-0.1, -0.05) is 61.4 Å². The Morgan fingerprint density at radius 3 is 2.72 bits per heavy atom. The van der Waals surface area contributed by atoms with Crippen molar-refractivity contribution in [1.29, 1.82) is 0 Å². The molecule has 3 aromatic rings. The maximum absolute atomic E-state index is 12.4. The van der Waals surface area contributed by atoms with E-state index < -0.39 is 0 Å². The third-order valence-corrected chi connectivity index (χ3v) is 6.85. The molecular weight excluding hydrogens is 402 g/mol. The molecule has 4 rings (SSSR count). The molecule has 1 aliphatic carbocycles. The number of anilines is 1. The van der Waals surface area contributed by atoms with Gasteiger partial charge in [0.1, 0.15) is 5.82 Å². The van der Waals surface area contributed by atoms with Crippen molar-refractivity contribution in [2.75, 3.05) is 11.1 Å². The Morgan fingerprint density at radius 2 is 2.00 bits per heavy atom. The summed E-state index contributed by atoms with van der Waals surface area (Å²) in [7, 11) is 0. The van der Waals surface area contributed by atoms with Crippen LogP contribution >= 0.6 is 23.1 Å². The van der Waals surface area contributed by atoms with E-state index in [1.165, 1.54) is 47.9 Å². The number of nitrogens with zero attached hydrogens (tertiary/aromatic N) is 4. The quantitative estimate of drug-likeness (QED) is 0.545. The summed E-state index contributed by atoms with van der Waals surface area (Å²) in [5, 5.41) is 13.3. The molecular formula is C21H25N5OS2. The van der Waals surface area contributed by atoms with E-state index in [1.54, 1.807) is 6.20 Å². The fourth-order valence-corrected chi connectivity index (χ4v) is 5.21. The average Bonchev–Trinajstić information content (AvgIpc) is 3.33. The Hall–Kier alpha value is -2.19. The van der Waals surface area contributed by atoms with Gasteiger partial charge < -0.3 is 9.88 Å². The fraction of sp³-hybridized carbons (Fsp3) is 0.429. The molecule has 0 bridgehead atoms. The number of hydrogen-bond donors (Lipinski definition) is 1. The third-order valence-electron chi connectivity index (χ3n) is 5.08. The summed E-state index contributed by atoms with van der Waals surface area (Å²) in [4.78, 5) is 17.6. The molecule has 1 aromatic carbocycles. The number of carbonyl (C=O) groups excluding carboxylic acids is 1. The van der Waals surface area contributed by atoms with Crippen molar-refractivity contribution >= 4 is 34.1 Å². The minimum atomic E-state index is -0.0628. The number of thiazole rings is 1. The summed E-state index contributed by atoms with van der Waals surface area (Å²) in [6, 6.07) is 10.8. The minimum absolute atomic E-state index is 0.0628. The van der Waals surface area contributed by atoms with E-state index in [9.17, 15) is 4.79 Å². The van der Waals surface area contributed by atoms with Crippen LogP contribution in [-0.2, 0) is 11.2 Å². The molecule has 0 radical (unpaired) electrons. The van der Waals surface area contributed by atoms with E-state index in [2.05, 4.69) is 49.3 Å². The first-order valence-corrected chi connectivity index (χ1v) is 11.8. The van der Waals surface area contributed by atoms with Gasteiger partial charge in [0.25, 0.3) is 0 Å². The van der Waals surface area contributed by atoms with Gasteiger partial charge in [0.05, 0.1) is 5.75 Å². The smallest absolute Gasteiger partial charge is 0.236 e. The van der Waals surface area contributed by atoms with Crippen molar-refractivity contribution in [3.8, 4) is 0 Å². The third kappa shape index (κ3) is 5.25. The van der Waals surface area contributed by atoms with Crippen LogP contribution in [0.2, 0.25) is 0 Å². The number of rotatable bonds is 7.